The normalized spacial score (nSPS) is 14.3. The Morgan fingerprint density at radius 2 is 2.00 bits per heavy atom. The first-order valence-electron chi connectivity index (χ1n) is 6.08. The van der Waals surface area contributed by atoms with Gasteiger partial charge in [0.2, 0.25) is 10.0 Å². The van der Waals surface area contributed by atoms with E-state index in [0.717, 1.165) is 7.11 Å². The van der Waals surface area contributed by atoms with Crippen molar-refractivity contribution in [1.29, 1.82) is 0 Å². The van der Waals surface area contributed by atoms with Gasteiger partial charge >= 0.3 is 5.97 Å². The van der Waals surface area contributed by atoms with Gasteiger partial charge < -0.3 is 14.6 Å². The van der Waals surface area contributed by atoms with E-state index in [-0.39, 0.29) is 4.90 Å². The zero-order valence-electron chi connectivity index (χ0n) is 12.3. The lowest BCUT2D eigenvalue weighted by atomic mass is 10.1. The molecule has 1 atom stereocenters. The minimum absolute atomic E-state index is 0.00752. The summed E-state index contributed by atoms with van der Waals surface area (Å²) >= 11 is 0. The molecule has 0 bridgehead atoms. The van der Waals surface area contributed by atoms with Crippen LogP contribution in [0.5, 0.6) is 5.75 Å². The molecule has 2 N–H and O–H groups in total. The van der Waals surface area contributed by atoms with Gasteiger partial charge in [0.1, 0.15) is 5.75 Å². The van der Waals surface area contributed by atoms with Crippen molar-refractivity contribution < 1.29 is 27.8 Å². The van der Waals surface area contributed by atoms with Crippen molar-refractivity contribution in [3.8, 4) is 5.75 Å². The van der Waals surface area contributed by atoms with Crippen molar-refractivity contribution >= 4 is 16.0 Å². The molecule has 1 unspecified atom stereocenters. The van der Waals surface area contributed by atoms with E-state index in [1.165, 1.54) is 26.2 Å². The Morgan fingerprint density at radius 3 is 2.43 bits per heavy atom. The van der Waals surface area contributed by atoms with Gasteiger partial charge in [-0.15, -0.1) is 0 Å². The zero-order chi connectivity index (χ0) is 16.3. The standard InChI is InChI=1S/C13H19NO6S/c1-9-7-10(19-3)5-6-11(9)21(17,18)14-13(2,8-15)12(16)20-4/h5-7,14-15H,8H2,1-4H3. The van der Waals surface area contributed by atoms with E-state index >= 15 is 0 Å². The van der Waals surface area contributed by atoms with Gasteiger partial charge in [0.25, 0.3) is 0 Å². The van der Waals surface area contributed by atoms with Crippen molar-refractivity contribution in [3.63, 3.8) is 0 Å². The summed E-state index contributed by atoms with van der Waals surface area (Å²) in [6.07, 6.45) is 0. The summed E-state index contributed by atoms with van der Waals surface area (Å²) in [5, 5.41) is 9.30. The second kappa shape index (κ2) is 6.42. The molecule has 1 aromatic rings. The van der Waals surface area contributed by atoms with Gasteiger partial charge in [-0.05, 0) is 37.6 Å². The van der Waals surface area contributed by atoms with E-state index in [1.54, 1.807) is 13.0 Å². The first-order valence-corrected chi connectivity index (χ1v) is 7.56. The third-order valence-corrected chi connectivity index (χ3v) is 4.74. The van der Waals surface area contributed by atoms with Crippen molar-refractivity contribution in [2.24, 2.45) is 0 Å². The van der Waals surface area contributed by atoms with Crippen LogP contribution in [0.2, 0.25) is 0 Å². The lowest BCUT2D eigenvalue weighted by Gasteiger charge is -2.25. The number of carbonyl (C=O) groups is 1. The van der Waals surface area contributed by atoms with Crippen LogP contribution in [-0.2, 0) is 19.6 Å². The van der Waals surface area contributed by atoms with Gasteiger partial charge in [0, 0.05) is 0 Å². The Morgan fingerprint density at radius 1 is 1.38 bits per heavy atom. The molecule has 0 heterocycles. The lowest BCUT2D eigenvalue weighted by Crippen LogP contribution is -2.55. The molecule has 0 saturated heterocycles. The smallest absolute Gasteiger partial charge is 0.329 e. The minimum atomic E-state index is -4.01. The zero-order valence-corrected chi connectivity index (χ0v) is 13.2. The molecule has 21 heavy (non-hydrogen) atoms. The molecule has 0 fully saturated rings. The second-order valence-electron chi connectivity index (χ2n) is 4.72. The number of nitrogens with one attached hydrogen (secondary N) is 1. The third kappa shape index (κ3) is 3.72. The molecule has 0 amide bonds. The van der Waals surface area contributed by atoms with Crippen LogP contribution >= 0.6 is 0 Å². The largest absolute Gasteiger partial charge is 0.497 e. The summed E-state index contributed by atoms with van der Waals surface area (Å²) in [5.41, 5.74) is -1.30. The average Bonchev–Trinajstić information content (AvgIpc) is 2.45. The highest BCUT2D eigenvalue weighted by Gasteiger charge is 2.38. The fourth-order valence-corrected chi connectivity index (χ4v) is 3.35. The molecular weight excluding hydrogens is 298 g/mol. The number of methoxy groups -OCH3 is 2. The number of hydrogen-bond donors (Lipinski definition) is 2. The van der Waals surface area contributed by atoms with Crippen LogP contribution in [0.1, 0.15) is 12.5 Å². The highest BCUT2D eigenvalue weighted by atomic mass is 32.2. The van der Waals surface area contributed by atoms with E-state index in [0.29, 0.717) is 11.3 Å². The summed E-state index contributed by atoms with van der Waals surface area (Å²) in [4.78, 5) is 11.6. The Labute approximate surface area is 123 Å². The molecule has 0 saturated carbocycles. The first-order chi connectivity index (χ1) is 9.70. The molecule has 1 aromatic carbocycles. The van der Waals surface area contributed by atoms with E-state index in [9.17, 15) is 18.3 Å². The Bertz CT molecular complexity index is 628. The van der Waals surface area contributed by atoms with Gasteiger partial charge in [-0.1, -0.05) is 0 Å². The SMILES string of the molecule is COC(=O)C(C)(CO)NS(=O)(=O)c1ccc(OC)cc1C. The Balaban J connectivity index is 3.20. The van der Waals surface area contributed by atoms with Crippen LogP contribution in [0, 0.1) is 6.92 Å². The van der Waals surface area contributed by atoms with Gasteiger partial charge in [-0.2, -0.15) is 4.72 Å². The predicted octanol–water partition coefficient (Wildman–Crippen LogP) is 0.206. The van der Waals surface area contributed by atoms with Crippen LogP contribution < -0.4 is 9.46 Å². The number of aliphatic hydroxyl groups is 1. The molecular formula is C13H19NO6S. The van der Waals surface area contributed by atoms with E-state index in [1.807, 2.05) is 0 Å². The maximum absolute atomic E-state index is 12.4. The number of carbonyl (C=O) groups excluding carboxylic acids is 1. The van der Waals surface area contributed by atoms with Gasteiger partial charge in [-0.25, -0.2) is 13.2 Å². The summed E-state index contributed by atoms with van der Waals surface area (Å²) in [6, 6.07) is 4.42. The van der Waals surface area contributed by atoms with Crippen LogP contribution in [0.15, 0.2) is 23.1 Å². The second-order valence-corrected chi connectivity index (χ2v) is 6.37. The molecule has 8 heteroatoms. The van der Waals surface area contributed by atoms with Gasteiger partial charge in [-0.3, -0.25) is 0 Å². The fourth-order valence-electron chi connectivity index (χ4n) is 1.77. The predicted molar refractivity (Wildman–Crippen MR) is 75.6 cm³/mol. The number of esters is 1. The quantitative estimate of drug-likeness (QED) is 0.727. The number of rotatable bonds is 6. The van der Waals surface area contributed by atoms with Crippen molar-refractivity contribution in [2.45, 2.75) is 24.3 Å². The molecule has 0 aliphatic heterocycles. The van der Waals surface area contributed by atoms with Crippen molar-refractivity contribution in [1.82, 2.24) is 4.72 Å². The maximum atomic E-state index is 12.4. The molecule has 118 valence electrons. The lowest BCUT2D eigenvalue weighted by molar-refractivity contribution is -0.148. The Kier molecular flexibility index (Phi) is 5.32. The van der Waals surface area contributed by atoms with E-state index < -0.39 is 28.1 Å². The number of sulfonamides is 1. The van der Waals surface area contributed by atoms with Crippen molar-refractivity contribution in [3.05, 3.63) is 23.8 Å². The minimum Gasteiger partial charge on any atom is -0.497 e. The van der Waals surface area contributed by atoms with Crippen molar-refractivity contribution in [2.75, 3.05) is 20.8 Å². The molecule has 7 nitrogen and oxygen atoms in total. The van der Waals surface area contributed by atoms with Crippen LogP contribution in [-0.4, -0.2) is 45.9 Å². The highest BCUT2D eigenvalue weighted by molar-refractivity contribution is 7.89. The number of ether oxygens (including phenoxy) is 2. The number of benzene rings is 1. The molecule has 0 radical (unpaired) electrons. The molecule has 0 aromatic heterocycles. The third-order valence-electron chi connectivity index (χ3n) is 2.98. The van der Waals surface area contributed by atoms with Gasteiger partial charge in [0.05, 0.1) is 25.7 Å². The van der Waals surface area contributed by atoms with Crippen LogP contribution in [0.3, 0.4) is 0 Å². The topological polar surface area (TPSA) is 102 Å². The van der Waals surface area contributed by atoms with E-state index in [4.69, 9.17) is 4.74 Å². The number of hydrogen-bond acceptors (Lipinski definition) is 6. The first kappa shape index (κ1) is 17.4. The highest BCUT2D eigenvalue weighted by Crippen LogP contribution is 2.22. The van der Waals surface area contributed by atoms with Gasteiger partial charge in [0.15, 0.2) is 5.54 Å². The number of aryl methyl sites for hydroxylation is 1. The van der Waals surface area contributed by atoms with E-state index in [2.05, 4.69) is 9.46 Å². The summed E-state index contributed by atoms with van der Waals surface area (Å²) < 4.78 is 36.4. The van der Waals surface area contributed by atoms with Crippen LogP contribution in [0.25, 0.3) is 0 Å². The average molecular weight is 317 g/mol. The molecule has 0 spiro atoms. The monoisotopic (exact) mass is 317 g/mol. The Hall–Kier alpha value is -1.64. The summed E-state index contributed by atoms with van der Waals surface area (Å²) in [7, 11) is -1.42. The van der Waals surface area contributed by atoms with Crippen LogP contribution in [0.4, 0.5) is 0 Å². The summed E-state index contributed by atoms with van der Waals surface area (Å²) in [6.45, 7) is 2.12. The summed E-state index contributed by atoms with van der Waals surface area (Å²) in [5.74, 6) is -0.357. The molecule has 1 rings (SSSR count). The number of aliphatic hydroxyl groups excluding tert-OH is 1. The molecule has 0 aliphatic carbocycles. The molecule has 0 aliphatic rings. The fraction of sp³-hybridized carbons (Fsp3) is 0.462. The maximum Gasteiger partial charge on any atom is 0.329 e.